The molecule has 0 aliphatic rings. The van der Waals surface area contributed by atoms with Gasteiger partial charge in [-0.25, -0.2) is 4.98 Å². The molecule has 23 heavy (non-hydrogen) atoms. The van der Waals surface area contributed by atoms with Crippen molar-refractivity contribution in [3.05, 3.63) is 54.2 Å². The van der Waals surface area contributed by atoms with Crippen LogP contribution in [0.4, 0.5) is 5.82 Å². The number of ether oxygens (including phenoxy) is 1. The van der Waals surface area contributed by atoms with E-state index in [-0.39, 0.29) is 17.6 Å². The van der Waals surface area contributed by atoms with E-state index in [1.165, 1.54) is 0 Å². The first kappa shape index (κ1) is 16.4. The topological polar surface area (TPSA) is 102 Å². The number of hydrazone groups is 1. The van der Waals surface area contributed by atoms with Crippen LogP contribution in [-0.2, 0) is 4.79 Å². The van der Waals surface area contributed by atoms with Gasteiger partial charge in [0.2, 0.25) is 0 Å². The molecule has 2 aromatic rings. The number of carbonyl (C=O) groups is 1. The highest BCUT2D eigenvalue weighted by Crippen LogP contribution is 2.11. The summed E-state index contributed by atoms with van der Waals surface area (Å²) >= 11 is 4.63. The molecule has 7 nitrogen and oxygen atoms in total. The van der Waals surface area contributed by atoms with Crippen LogP contribution in [0, 0.1) is 0 Å². The number of benzene rings is 1. The minimum atomic E-state index is -0.282. The Balaban J connectivity index is 1.80. The smallest absolute Gasteiger partial charge is 0.263 e. The summed E-state index contributed by atoms with van der Waals surface area (Å²) in [6, 6.07) is 12.3. The fourth-order valence-electron chi connectivity index (χ4n) is 1.59. The standard InChI is InChI=1S/C15H15N5O2S/c16-15(23)20-18-9-11-4-6-12(7-5-11)22-10-14(21)19-13-3-1-2-8-17-13/h1-9H,10H2,(H3,16,20,23)(H,17,19,21). The number of rotatable bonds is 6. The average molecular weight is 329 g/mol. The van der Waals surface area contributed by atoms with E-state index < -0.39 is 0 Å². The Bertz CT molecular complexity index is 689. The molecule has 2 rings (SSSR count). The minimum Gasteiger partial charge on any atom is -0.484 e. The summed E-state index contributed by atoms with van der Waals surface area (Å²) in [4.78, 5) is 15.7. The van der Waals surface area contributed by atoms with Crippen molar-refractivity contribution in [3.63, 3.8) is 0 Å². The van der Waals surface area contributed by atoms with Crippen molar-refractivity contribution in [1.29, 1.82) is 0 Å². The van der Waals surface area contributed by atoms with E-state index in [9.17, 15) is 4.79 Å². The van der Waals surface area contributed by atoms with Crippen molar-refractivity contribution < 1.29 is 9.53 Å². The lowest BCUT2D eigenvalue weighted by Gasteiger charge is -2.07. The van der Waals surface area contributed by atoms with Gasteiger partial charge in [0.05, 0.1) is 6.21 Å². The Morgan fingerprint density at radius 2 is 2.09 bits per heavy atom. The molecule has 0 spiro atoms. The van der Waals surface area contributed by atoms with Crippen LogP contribution < -0.4 is 21.2 Å². The first-order valence-corrected chi connectivity index (χ1v) is 7.06. The summed E-state index contributed by atoms with van der Waals surface area (Å²) in [5, 5.41) is 6.57. The number of amides is 1. The molecule has 0 atom stereocenters. The van der Waals surface area contributed by atoms with Crippen LogP contribution >= 0.6 is 12.2 Å². The van der Waals surface area contributed by atoms with Crippen molar-refractivity contribution in [1.82, 2.24) is 10.4 Å². The average Bonchev–Trinajstić information content (AvgIpc) is 2.55. The highest BCUT2D eigenvalue weighted by atomic mass is 32.1. The summed E-state index contributed by atoms with van der Waals surface area (Å²) in [6.07, 6.45) is 3.17. The second kappa shape index (κ2) is 8.44. The van der Waals surface area contributed by atoms with E-state index in [4.69, 9.17) is 10.5 Å². The zero-order chi connectivity index (χ0) is 16.5. The number of pyridine rings is 1. The predicted octanol–water partition coefficient (Wildman–Crippen LogP) is 1.27. The molecule has 0 bridgehead atoms. The highest BCUT2D eigenvalue weighted by Gasteiger charge is 2.04. The fraction of sp³-hybridized carbons (Fsp3) is 0.0667. The molecular formula is C15H15N5O2S. The molecule has 1 aromatic carbocycles. The number of carbonyl (C=O) groups excluding carboxylic acids is 1. The van der Waals surface area contributed by atoms with Crippen molar-refractivity contribution in [2.45, 2.75) is 0 Å². The number of nitrogens with zero attached hydrogens (tertiary/aromatic N) is 2. The number of hydrogen-bond acceptors (Lipinski definition) is 5. The zero-order valence-corrected chi connectivity index (χ0v) is 12.9. The molecule has 0 fully saturated rings. The number of nitrogens with one attached hydrogen (secondary N) is 2. The maximum atomic E-state index is 11.7. The molecule has 0 aliphatic carbocycles. The summed E-state index contributed by atoms with van der Waals surface area (Å²) in [7, 11) is 0. The van der Waals surface area contributed by atoms with Gasteiger partial charge in [0.25, 0.3) is 5.91 Å². The first-order valence-electron chi connectivity index (χ1n) is 6.66. The van der Waals surface area contributed by atoms with Crippen LogP contribution in [0.3, 0.4) is 0 Å². The minimum absolute atomic E-state index is 0.0973. The molecule has 1 amide bonds. The number of thiocarbonyl (C=S) groups is 1. The quantitative estimate of drug-likeness (QED) is 0.419. The molecule has 8 heteroatoms. The van der Waals surface area contributed by atoms with E-state index in [2.05, 4.69) is 33.0 Å². The Hall–Kier alpha value is -3.00. The van der Waals surface area contributed by atoms with Crippen LogP contribution in [0.5, 0.6) is 5.75 Å². The van der Waals surface area contributed by atoms with Gasteiger partial charge < -0.3 is 15.8 Å². The van der Waals surface area contributed by atoms with Gasteiger partial charge in [-0.1, -0.05) is 6.07 Å². The van der Waals surface area contributed by atoms with Crippen LogP contribution in [0.25, 0.3) is 0 Å². The number of anilines is 1. The van der Waals surface area contributed by atoms with Gasteiger partial charge in [0, 0.05) is 6.20 Å². The summed E-state index contributed by atoms with van der Waals surface area (Å²) in [6.45, 7) is -0.104. The second-order valence-electron chi connectivity index (χ2n) is 4.36. The third-order valence-corrected chi connectivity index (χ3v) is 2.66. The maximum absolute atomic E-state index is 11.7. The van der Waals surface area contributed by atoms with Crippen LogP contribution in [0.1, 0.15) is 5.56 Å². The molecule has 0 saturated heterocycles. The lowest BCUT2D eigenvalue weighted by Crippen LogP contribution is -2.23. The number of hydrogen-bond donors (Lipinski definition) is 3. The van der Waals surface area contributed by atoms with E-state index in [1.807, 2.05) is 0 Å². The molecule has 0 saturated carbocycles. The van der Waals surface area contributed by atoms with Gasteiger partial charge in [0.15, 0.2) is 11.7 Å². The van der Waals surface area contributed by atoms with Gasteiger partial charge >= 0.3 is 0 Å². The fourth-order valence-corrected chi connectivity index (χ4v) is 1.64. The lowest BCUT2D eigenvalue weighted by atomic mass is 10.2. The molecule has 0 aliphatic heterocycles. The second-order valence-corrected chi connectivity index (χ2v) is 4.79. The van der Waals surface area contributed by atoms with E-state index in [0.717, 1.165) is 5.56 Å². The van der Waals surface area contributed by atoms with Crippen molar-refractivity contribution in [3.8, 4) is 5.75 Å². The summed E-state index contributed by atoms with van der Waals surface area (Å²) in [5.41, 5.74) is 8.54. The molecule has 0 radical (unpaired) electrons. The van der Waals surface area contributed by atoms with Gasteiger partial charge in [-0.2, -0.15) is 5.10 Å². The molecule has 1 heterocycles. The zero-order valence-electron chi connectivity index (χ0n) is 12.1. The van der Waals surface area contributed by atoms with Gasteiger partial charge in [-0.05, 0) is 54.2 Å². The normalized spacial score (nSPS) is 10.3. The summed E-state index contributed by atoms with van der Waals surface area (Å²) in [5.74, 6) is 0.772. The van der Waals surface area contributed by atoms with E-state index in [0.29, 0.717) is 11.6 Å². The lowest BCUT2D eigenvalue weighted by molar-refractivity contribution is -0.118. The van der Waals surface area contributed by atoms with Crippen molar-refractivity contribution in [2.24, 2.45) is 10.8 Å². The van der Waals surface area contributed by atoms with E-state index >= 15 is 0 Å². The van der Waals surface area contributed by atoms with E-state index in [1.54, 1.807) is 54.9 Å². The SMILES string of the molecule is NC(=S)NN=Cc1ccc(OCC(=O)Nc2ccccn2)cc1. The predicted molar refractivity (Wildman–Crippen MR) is 92.3 cm³/mol. The molecular weight excluding hydrogens is 314 g/mol. The van der Waals surface area contributed by atoms with Crippen LogP contribution in [-0.4, -0.2) is 28.8 Å². The Labute approximate surface area is 138 Å². The van der Waals surface area contributed by atoms with Gasteiger partial charge in [0.1, 0.15) is 11.6 Å². The number of nitrogens with two attached hydrogens (primary N) is 1. The Morgan fingerprint density at radius 3 is 2.74 bits per heavy atom. The van der Waals surface area contributed by atoms with Gasteiger partial charge in [-0.15, -0.1) is 0 Å². The third-order valence-electron chi connectivity index (χ3n) is 2.57. The van der Waals surface area contributed by atoms with Crippen molar-refractivity contribution in [2.75, 3.05) is 11.9 Å². The maximum Gasteiger partial charge on any atom is 0.263 e. The van der Waals surface area contributed by atoms with Gasteiger partial charge in [-0.3, -0.25) is 10.2 Å². The van der Waals surface area contributed by atoms with Crippen LogP contribution in [0.2, 0.25) is 0 Å². The molecule has 4 N–H and O–H groups in total. The Morgan fingerprint density at radius 1 is 1.30 bits per heavy atom. The van der Waals surface area contributed by atoms with Crippen LogP contribution in [0.15, 0.2) is 53.8 Å². The number of aromatic nitrogens is 1. The van der Waals surface area contributed by atoms with Crippen molar-refractivity contribution >= 4 is 35.3 Å². The molecule has 0 unspecified atom stereocenters. The molecule has 1 aromatic heterocycles. The molecule has 118 valence electrons. The highest BCUT2D eigenvalue weighted by molar-refractivity contribution is 7.80. The summed E-state index contributed by atoms with van der Waals surface area (Å²) < 4.78 is 5.40. The monoisotopic (exact) mass is 329 g/mol. The third kappa shape index (κ3) is 6.10. The first-order chi connectivity index (χ1) is 11.1. The Kier molecular flexibility index (Phi) is 6.01. The largest absolute Gasteiger partial charge is 0.484 e.